The Morgan fingerprint density at radius 1 is 1.36 bits per heavy atom. The normalized spacial score (nSPS) is 9.55. The van der Waals surface area contributed by atoms with Crippen molar-refractivity contribution in [2.45, 2.75) is 0 Å². The van der Waals surface area contributed by atoms with Gasteiger partial charge in [0.2, 0.25) is 0 Å². The first-order valence-corrected chi connectivity index (χ1v) is 3.25. The van der Waals surface area contributed by atoms with Crippen molar-refractivity contribution in [1.29, 1.82) is 0 Å². The third kappa shape index (κ3) is 1.44. The lowest BCUT2D eigenvalue weighted by atomic mass is 10.3. The molecule has 0 aliphatic heterocycles. The molecule has 0 unspecified atom stereocenters. The van der Waals surface area contributed by atoms with Crippen molar-refractivity contribution in [3.8, 4) is 0 Å². The molecule has 0 aliphatic carbocycles. The fourth-order valence-electron chi connectivity index (χ4n) is 0.844. The van der Waals surface area contributed by atoms with Gasteiger partial charge in [0.15, 0.2) is 5.58 Å². The third-order valence-electron chi connectivity index (χ3n) is 1.27. The van der Waals surface area contributed by atoms with Gasteiger partial charge in [0, 0.05) is 11.0 Å². The Balaban J connectivity index is 0.000000605. The first-order chi connectivity index (χ1) is 4.86. The van der Waals surface area contributed by atoms with Crippen molar-refractivity contribution >= 4 is 33.7 Å². The van der Waals surface area contributed by atoms with Gasteiger partial charge in [-0.15, -0.1) is 0 Å². The summed E-state index contributed by atoms with van der Waals surface area (Å²) in [5.41, 5.74) is 1.53. The molecule has 2 aromatic rings. The van der Waals surface area contributed by atoms with E-state index in [1.54, 1.807) is 0 Å². The summed E-state index contributed by atoms with van der Waals surface area (Å²) in [6.45, 7) is 0. The zero-order chi connectivity index (χ0) is 6.97. The van der Waals surface area contributed by atoms with Crippen LogP contribution in [0.5, 0.6) is 0 Å². The van der Waals surface area contributed by atoms with Crippen molar-refractivity contribution in [3.05, 3.63) is 29.6 Å². The minimum Gasteiger partial charge on any atom is -0.428 e. The Morgan fingerprint density at radius 3 is 2.82 bits per heavy atom. The van der Waals surface area contributed by atoms with E-state index in [-0.39, 0.29) is 17.7 Å². The van der Waals surface area contributed by atoms with Gasteiger partial charge in [-0.2, -0.15) is 4.98 Å². The number of para-hydroxylation sites is 2. The molecule has 0 N–H and O–H groups in total. The number of nitrogens with zero attached hydrogens (tertiary/aromatic N) is 1. The maximum Gasteiger partial charge on any atom is 1.00 e. The molecule has 0 amide bonds. The molecule has 11 heavy (non-hydrogen) atoms. The summed E-state index contributed by atoms with van der Waals surface area (Å²) < 4.78 is 5.02. The summed E-state index contributed by atoms with van der Waals surface area (Å²) in [6, 6.07) is 7.45. The number of fused-ring (bicyclic) bond motifs is 1. The lowest BCUT2D eigenvalue weighted by Crippen LogP contribution is -1.62. The summed E-state index contributed by atoms with van der Waals surface area (Å²) in [6.07, 6.45) is 0. The van der Waals surface area contributed by atoms with Gasteiger partial charge < -0.3 is 4.42 Å². The van der Waals surface area contributed by atoms with E-state index in [0.29, 0.717) is 0 Å². The summed E-state index contributed by atoms with van der Waals surface area (Å²) >= 11 is 5.51. The highest BCUT2D eigenvalue weighted by molar-refractivity contribution is 6.28. The average molecular weight is 183 g/mol. The highest BCUT2D eigenvalue weighted by Crippen LogP contribution is 2.17. The van der Waals surface area contributed by atoms with Gasteiger partial charge >= 0.3 is 1.43 Å². The Labute approximate surface area is 74.7 Å². The van der Waals surface area contributed by atoms with E-state index in [1.165, 1.54) is 0 Å². The van der Waals surface area contributed by atoms with Crippen molar-refractivity contribution in [2.75, 3.05) is 0 Å². The number of oxazole rings is 1. The standard InChI is InChI=1S/C7H4ClNO.Si/c8-7-9-5-3-1-2-4-6(5)10-7;/h1-4H;/p+1. The quantitative estimate of drug-likeness (QED) is 0.584. The molecule has 2 nitrogen and oxygen atoms in total. The van der Waals surface area contributed by atoms with Crippen LogP contribution < -0.4 is 0 Å². The van der Waals surface area contributed by atoms with Crippen LogP contribution in [0.2, 0.25) is 5.35 Å². The SMILES string of the molecule is Clc1nc2ccccc2o1.[H+].[Si]. The first kappa shape index (κ1) is 8.29. The molecule has 0 saturated carbocycles. The van der Waals surface area contributed by atoms with Crippen LogP contribution >= 0.6 is 11.6 Å². The fourth-order valence-corrected chi connectivity index (χ4v) is 1.02. The van der Waals surface area contributed by atoms with Crippen molar-refractivity contribution in [3.63, 3.8) is 0 Å². The predicted molar refractivity (Wildman–Crippen MR) is 45.9 cm³/mol. The van der Waals surface area contributed by atoms with Crippen LogP contribution in [0.3, 0.4) is 0 Å². The summed E-state index contributed by atoms with van der Waals surface area (Å²) in [7, 11) is 0. The lowest BCUT2D eigenvalue weighted by molar-refractivity contribution is 0.604. The largest absolute Gasteiger partial charge is 1.00 e. The van der Waals surface area contributed by atoms with Gasteiger partial charge in [0.1, 0.15) is 5.52 Å². The Bertz CT molecular complexity index is 332. The smallest absolute Gasteiger partial charge is 0.428 e. The lowest BCUT2D eigenvalue weighted by Gasteiger charge is -1.79. The average Bonchev–Trinajstić information content (AvgIpc) is 2.27. The summed E-state index contributed by atoms with van der Waals surface area (Å²) in [5.74, 6) is 0. The van der Waals surface area contributed by atoms with E-state index < -0.39 is 0 Å². The number of hydrogen-bond donors (Lipinski definition) is 0. The van der Waals surface area contributed by atoms with Gasteiger partial charge in [-0.05, 0) is 23.7 Å². The fraction of sp³-hybridized carbons (Fsp3) is 0. The zero-order valence-corrected chi connectivity index (χ0v) is 7.30. The van der Waals surface area contributed by atoms with Gasteiger partial charge in [-0.1, -0.05) is 12.1 Å². The molecule has 0 atom stereocenters. The summed E-state index contributed by atoms with van der Waals surface area (Å²) in [4.78, 5) is 3.91. The second kappa shape index (κ2) is 3.07. The zero-order valence-electron chi connectivity index (χ0n) is 6.54. The second-order valence-electron chi connectivity index (χ2n) is 1.93. The molecule has 54 valence electrons. The molecule has 4 radical (unpaired) electrons. The van der Waals surface area contributed by atoms with Gasteiger partial charge in [-0.25, -0.2) is 0 Å². The van der Waals surface area contributed by atoms with Crippen LogP contribution in [0, 0.1) is 0 Å². The van der Waals surface area contributed by atoms with Crippen molar-refractivity contribution in [1.82, 2.24) is 4.98 Å². The van der Waals surface area contributed by atoms with Gasteiger partial charge in [-0.3, -0.25) is 0 Å². The molecule has 0 spiro atoms. The van der Waals surface area contributed by atoms with Crippen molar-refractivity contribution < 1.29 is 5.84 Å². The van der Waals surface area contributed by atoms with Crippen LogP contribution in [0.15, 0.2) is 28.7 Å². The van der Waals surface area contributed by atoms with E-state index in [0.717, 1.165) is 11.1 Å². The van der Waals surface area contributed by atoms with Gasteiger partial charge in [0.05, 0.1) is 0 Å². The molecule has 1 aromatic heterocycles. The Morgan fingerprint density at radius 2 is 2.09 bits per heavy atom. The molecular formula is C7H5ClNOSi+. The van der Waals surface area contributed by atoms with Crippen LogP contribution in [0.1, 0.15) is 1.43 Å². The molecule has 0 saturated heterocycles. The van der Waals surface area contributed by atoms with E-state index >= 15 is 0 Å². The molecule has 1 heterocycles. The topological polar surface area (TPSA) is 26.0 Å². The van der Waals surface area contributed by atoms with Crippen LogP contribution in [-0.4, -0.2) is 15.9 Å². The number of benzene rings is 1. The highest BCUT2D eigenvalue weighted by atomic mass is 35.5. The maximum absolute atomic E-state index is 5.51. The molecule has 0 aliphatic rings. The maximum atomic E-state index is 5.51. The number of hydrogen-bond acceptors (Lipinski definition) is 2. The number of aromatic nitrogens is 1. The van der Waals surface area contributed by atoms with Crippen LogP contribution in [0.25, 0.3) is 11.1 Å². The van der Waals surface area contributed by atoms with E-state index in [9.17, 15) is 0 Å². The summed E-state index contributed by atoms with van der Waals surface area (Å²) in [5, 5.41) is 0.196. The molecule has 2 rings (SSSR count). The number of rotatable bonds is 0. The first-order valence-electron chi connectivity index (χ1n) is 2.87. The van der Waals surface area contributed by atoms with Crippen molar-refractivity contribution in [2.24, 2.45) is 0 Å². The highest BCUT2D eigenvalue weighted by Gasteiger charge is 1.99. The molecule has 1 aromatic carbocycles. The van der Waals surface area contributed by atoms with Crippen LogP contribution in [0.4, 0.5) is 0 Å². The monoisotopic (exact) mass is 182 g/mol. The van der Waals surface area contributed by atoms with E-state index in [1.807, 2.05) is 24.3 Å². The second-order valence-corrected chi connectivity index (χ2v) is 2.26. The molecular weight excluding hydrogens is 178 g/mol. The number of halogens is 1. The minimum absolute atomic E-state index is 0. The van der Waals surface area contributed by atoms with Crippen LogP contribution in [-0.2, 0) is 0 Å². The Kier molecular flexibility index (Phi) is 2.31. The minimum atomic E-state index is 0. The molecule has 0 bridgehead atoms. The van der Waals surface area contributed by atoms with Gasteiger partial charge in [0.25, 0.3) is 5.35 Å². The third-order valence-corrected chi connectivity index (χ3v) is 1.43. The van der Waals surface area contributed by atoms with E-state index in [4.69, 9.17) is 16.0 Å². The molecule has 0 fully saturated rings. The van der Waals surface area contributed by atoms with E-state index in [2.05, 4.69) is 4.98 Å². The molecule has 4 heteroatoms. The Hall–Kier alpha value is -0.803. The predicted octanol–water partition coefficient (Wildman–Crippen LogP) is 2.21.